The molecule has 0 fully saturated rings. The van der Waals surface area contributed by atoms with E-state index in [9.17, 15) is 4.79 Å². The molecule has 0 saturated heterocycles. The van der Waals surface area contributed by atoms with Crippen molar-refractivity contribution in [2.75, 3.05) is 13.1 Å². The standard InChI is InChI=1S/C20H23N5O2.2ClH/c21-12-6-14-25(15-16-7-2-1-3-8-16)19(26)11-10-18-23-20(24-27-18)17-9-4-5-13-22-17;;/h1-5,7-9,13H,6,10-12,14-15,21H2;2*1H. The molecule has 0 spiro atoms. The van der Waals surface area contributed by atoms with Crippen LogP contribution in [0.3, 0.4) is 0 Å². The smallest absolute Gasteiger partial charge is 0.227 e. The Bertz CT molecular complexity index is 846. The van der Waals surface area contributed by atoms with Crippen molar-refractivity contribution in [3.05, 3.63) is 66.2 Å². The van der Waals surface area contributed by atoms with Gasteiger partial charge in [0.1, 0.15) is 5.69 Å². The Morgan fingerprint density at radius 1 is 1.07 bits per heavy atom. The maximum atomic E-state index is 12.7. The van der Waals surface area contributed by atoms with E-state index in [2.05, 4.69) is 15.1 Å². The van der Waals surface area contributed by atoms with Crippen LogP contribution in [0.1, 0.15) is 24.3 Å². The van der Waals surface area contributed by atoms with Gasteiger partial charge in [0.15, 0.2) is 0 Å². The van der Waals surface area contributed by atoms with Crippen molar-refractivity contribution in [3.63, 3.8) is 0 Å². The Hall–Kier alpha value is -2.48. The largest absolute Gasteiger partial charge is 0.339 e. The topological polar surface area (TPSA) is 98.1 Å². The number of amides is 1. The summed E-state index contributed by atoms with van der Waals surface area (Å²) in [4.78, 5) is 23.0. The molecule has 29 heavy (non-hydrogen) atoms. The first-order valence-corrected chi connectivity index (χ1v) is 9.02. The minimum atomic E-state index is 0. The maximum Gasteiger partial charge on any atom is 0.227 e. The van der Waals surface area contributed by atoms with Crippen LogP contribution in [0.4, 0.5) is 0 Å². The fourth-order valence-corrected chi connectivity index (χ4v) is 2.71. The summed E-state index contributed by atoms with van der Waals surface area (Å²) in [5.74, 6) is 0.912. The number of aromatic nitrogens is 3. The van der Waals surface area contributed by atoms with Crippen LogP contribution in [0.2, 0.25) is 0 Å². The van der Waals surface area contributed by atoms with Crippen molar-refractivity contribution >= 4 is 30.7 Å². The van der Waals surface area contributed by atoms with Gasteiger partial charge < -0.3 is 15.2 Å². The van der Waals surface area contributed by atoms with E-state index in [1.54, 1.807) is 6.20 Å². The number of carbonyl (C=O) groups is 1. The van der Waals surface area contributed by atoms with Gasteiger partial charge in [0.2, 0.25) is 17.6 Å². The number of rotatable bonds is 9. The van der Waals surface area contributed by atoms with Crippen molar-refractivity contribution in [2.45, 2.75) is 25.8 Å². The molecule has 0 aliphatic rings. The summed E-state index contributed by atoms with van der Waals surface area (Å²) in [6, 6.07) is 15.4. The molecule has 1 amide bonds. The van der Waals surface area contributed by atoms with Crippen LogP contribution in [0.25, 0.3) is 11.5 Å². The first kappa shape index (κ1) is 24.6. The minimum Gasteiger partial charge on any atom is -0.339 e. The van der Waals surface area contributed by atoms with Gasteiger partial charge in [-0.2, -0.15) is 4.98 Å². The fraction of sp³-hybridized carbons (Fsp3) is 0.300. The Kier molecular flexibility index (Phi) is 10.9. The highest BCUT2D eigenvalue weighted by atomic mass is 35.5. The Morgan fingerprint density at radius 3 is 2.52 bits per heavy atom. The summed E-state index contributed by atoms with van der Waals surface area (Å²) < 4.78 is 5.26. The normalized spacial score (nSPS) is 9.97. The zero-order chi connectivity index (χ0) is 18.9. The zero-order valence-corrected chi connectivity index (χ0v) is 17.6. The number of nitrogens with two attached hydrogens (primary N) is 1. The molecule has 156 valence electrons. The van der Waals surface area contributed by atoms with Crippen molar-refractivity contribution in [1.29, 1.82) is 0 Å². The van der Waals surface area contributed by atoms with Crippen LogP contribution in [-0.2, 0) is 17.8 Å². The predicted octanol–water partition coefficient (Wildman–Crippen LogP) is 3.29. The lowest BCUT2D eigenvalue weighted by Crippen LogP contribution is -2.32. The van der Waals surface area contributed by atoms with Crippen molar-refractivity contribution in [2.24, 2.45) is 5.73 Å². The lowest BCUT2D eigenvalue weighted by Gasteiger charge is -2.22. The SMILES string of the molecule is Cl.Cl.NCCCN(Cc1ccccc1)C(=O)CCc1nc(-c2ccccn2)no1. The lowest BCUT2D eigenvalue weighted by atomic mass is 10.2. The lowest BCUT2D eigenvalue weighted by molar-refractivity contribution is -0.131. The van der Waals surface area contributed by atoms with Gasteiger partial charge in [-0.15, -0.1) is 24.8 Å². The third-order valence-electron chi connectivity index (χ3n) is 4.12. The van der Waals surface area contributed by atoms with E-state index in [0.29, 0.717) is 49.9 Å². The quantitative estimate of drug-likeness (QED) is 0.551. The number of halogens is 2. The molecule has 2 N–H and O–H groups in total. The molecular weight excluding hydrogens is 413 g/mol. The molecule has 0 aliphatic heterocycles. The van der Waals surface area contributed by atoms with E-state index in [1.807, 2.05) is 53.4 Å². The van der Waals surface area contributed by atoms with Crippen molar-refractivity contribution in [1.82, 2.24) is 20.0 Å². The Balaban J connectivity index is 0.00000210. The van der Waals surface area contributed by atoms with E-state index in [1.165, 1.54) is 0 Å². The average Bonchev–Trinajstić information content (AvgIpc) is 3.20. The van der Waals surface area contributed by atoms with E-state index >= 15 is 0 Å². The number of hydrogen-bond donors (Lipinski definition) is 1. The first-order valence-electron chi connectivity index (χ1n) is 9.02. The Morgan fingerprint density at radius 2 is 1.83 bits per heavy atom. The number of aryl methyl sites for hydroxylation is 1. The summed E-state index contributed by atoms with van der Waals surface area (Å²) in [5, 5.41) is 3.94. The van der Waals surface area contributed by atoms with Gasteiger partial charge in [0.05, 0.1) is 0 Å². The summed E-state index contributed by atoms with van der Waals surface area (Å²) in [6.45, 7) is 1.76. The maximum absolute atomic E-state index is 12.7. The number of pyridine rings is 1. The molecule has 1 aromatic carbocycles. The molecule has 3 rings (SSSR count). The summed E-state index contributed by atoms with van der Waals surface area (Å²) in [5.41, 5.74) is 7.36. The third-order valence-corrected chi connectivity index (χ3v) is 4.12. The summed E-state index contributed by atoms with van der Waals surface area (Å²) in [6.07, 6.45) is 3.14. The second-order valence-electron chi connectivity index (χ2n) is 6.17. The fourth-order valence-electron chi connectivity index (χ4n) is 2.71. The van der Waals surface area contributed by atoms with Gasteiger partial charge in [-0.25, -0.2) is 0 Å². The van der Waals surface area contributed by atoms with E-state index in [0.717, 1.165) is 12.0 Å². The molecule has 7 nitrogen and oxygen atoms in total. The number of carbonyl (C=O) groups excluding carboxylic acids is 1. The molecule has 0 saturated carbocycles. The van der Waals surface area contributed by atoms with Gasteiger partial charge in [0.25, 0.3) is 0 Å². The Labute approximate surface area is 182 Å². The molecule has 0 bridgehead atoms. The summed E-state index contributed by atoms with van der Waals surface area (Å²) in [7, 11) is 0. The summed E-state index contributed by atoms with van der Waals surface area (Å²) >= 11 is 0. The van der Waals surface area contributed by atoms with E-state index < -0.39 is 0 Å². The number of nitrogens with zero attached hydrogens (tertiary/aromatic N) is 4. The van der Waals surface area contributed by atoms with Crippen LogP contribution in [0.15, 0.2) is 59.3 Å². The average molecular weight is 438 g/mol. The van der Waals surface area contributed by atoms with Crippen molar-refractivity contribution in [3.8, 4) is 11.5 Å². The van der Waals surface area contributed by atoms with Gasteiger partial charge >= 0.3 is 0 Å². The molecule has 3 aromatic rings. The zero-order valence-electron chi connectivity index (χ0n) is 15.9. The second-order valence-corrected chi connectivity index (χ2v) is 6.17. The highest BCUT2D eigenvalue weighted by Gasteiger charge is 2.16. The molecule has 0 unspecified atom stereocenters. The van der Waals surface area contributed by atoms with Crippen LogP contribution < -0.4 is 5.73 Å². The van der Waals surface area contributed by atoms with E-state index in [-0.39, 0.29) is 30.7 Å². The highest BCUT2D eigenvalue weighted by Crippen LogP contribution is 2.14. The minimum absolute atomic E-state index is 0. The first-order chi connectivity index (χ1) is 13.3. The van der Waals surface area contributed by atoms with Crippen LogP contribution in [0.5, 0.6) is 0 Å². The van der Waals surface area contributed by atoms with Crippen LogP contribution in [-0.4, -0.2) is 39.0 Å². The molecular formula is C20H25Cl2N5O2. The molecule has 0 atom stereocenters. The van der Waals surface area contributed by atoms with E-state index in [4.69, 9.17) is 10.3 Å². The molecule has 9 heteroatoms. The van der Waals surface area contributed by atoms with Crippen molar-refractivity contribution < 1.29 is 9.32 Å². The van der Waals surface area contributed by atoms with Gasteiger partial charge in [-0.3, -0.25) is 9.78 Å². The highest BCUT2D eigenvalue weighted by molar-refractivity contribution is 5.85. The van der Waals surface area contributed by atoms with Crippen LogP contribution >= 0.6 is 24.8 Å². The molecule has 2 aromatic heterocycles. The second kappa shape index (κ2) is 12.9. The number of hydrogen-bond acceptors (Lipinski definition) is 6. The number of benzene rings is 1. The monoisotopic (exact) mass is 437 g/mol. The van der Waals surface area contributed by atoms with Crippen LogP contribution in [0, 0.1) is 0 Å². The van der Waals surface area contributed by atoms with Gasteiger partial charge in [0, 0.05) is 32.1 Å². The molecule has 0 radical (unpaired) electrons. The third kappa shape index (κ3) is 7.45. The molecule has 2 heterocycles. The van der Waals surface area contributed by atoms with Gasteiger partial charge in [-0.05, 0) is 30.7 Å². The van der Waals surface area contributed by atoms with Gasteiger partial charge in [-0.1, -0.05) is 41.6 Å². The molecule has 0 aliphatic carbocycles. The predicted molar refractivity (Wildman–Crippen MR) is 116 cm³/mol.